The van der Waals surface area contributed by atoms with Crippen molar-refractivity contribution in [2.45, 2.75) is 57.9 Å². The second-order valence-electron chi connectivity index (χ2n) is 5.25. The third kappa shape index (κ3) is 5.30. The minimum atomic E-state index is -0.844. The van der Waals surface area contributed by atoms with Crippen LogP contribution in [0, 0.1) is 0 Å². The first-order valence-corrected chi connectivity index (χ1v) is 6.00. The molecule has 1 fully saturated rings. The third-order valence-electron chi connectivity index (χ3n) is 2.34. The summed E-state index contributed by atoms with van der Waals surface area (Å²) in [5.41, 5.74) is -0.515. The van der Waals surface area contributed by atoms with Crippen molar-refractivity contribution in [3.8, 4) is 0 Å². The monoisotopic (exact) mass is 262 g/mol. The quantitative estimate of drug-likeness (QED) is 0.756. The van der Waals surface area contributed by atoms with Gasteiger partial charge in [-0.2, -0.15) is 0 Å². The average molecular weight is 262 g/mol. The molecule has 1 aliphatic heterocycles. The highest BCUT2D eigenvalue weighted by Gasteiger charge is 2.32. The molecule has 1 rings (SSSR count). The summed E-state index contributed by atoms with van der Waals surface area (Å²) in [5, 5.41) is 9.09. The number of hydrogen-bond donors (Lipinski definition) is 1. The molecule has 18 heavy (non-hydrogen) atoms. The van der Waals surface area contributed by atoms with Gasteiger partial charge in [0.05, 0.1) is 25.2 Å². The lowest BCUT2D eigenvalue weighted by atomic mass is 10.1. The molecule has 3 atom stereocenters. The summed E-state index contributed by atoms with van der Waals surface area (Å²) in [6.45, 7) is 4.45. The Hall–Kier alpha value is -0.690. The molecular formula is C12H22O6. The zero-order valence-corrected chi connectivity index (χ0v) is 11.3. The van der Waals surface area contributed by atoms with E-state index in [2.05, 4.69) is 0 Å². The zero-order valence-electron chi connectivity index (χ0n) is 11.3. The molecule has 0 saturated carbocycles. The van der Waals surface area contributed by atoms with Crippen LogP contribution in [0.4, 0.5) is 0 Å². The van der Waals surface area contributed by atoms with Gasteiger partial charge in [-0.25, -0.2) is 0 Å². The molecule has 0 aromatic carbocycles. The van der Waals surface area contributed by atoms with Crippen molar-refractivity contribution in [2.24, 2.45) is 0 Å². The number of aliphatic hydroxyl groups excluding tert-OH is 1. The van der Waals surface area contributed by atoms with Crippen molar-refractivity contribution in [3.63, 3.8) is 0 Å². The smallest absolute Gasteiger partial charge is 0.308 e. The number of carbonyl (C=O) groups is 1. The van der Waals surface area contributed by atoms with Crippen molar-refractivity contribution < 1.29 is 28.8 Å². The minimum absolute atomic E-state index is 0.122. The molecule has 0 bridgehead atoms. The molecule has 0 aliphatic carbocycles. The van der Waals surface area contributed by atoms with Crippen LogP contribution >= 0.6 is 0 Å². The van der Waals surface area contributed by atoms with Crippen LogP contribution < -0.4 is 0 Å². The number of ether oxygens (including phenoxy) is 4. The number of aliphatic hydroxyl groups is 1. The summed E-state index contributed by atoms with van der Waals surface area (Å²) in [7, 11) is 1.44. The summed E-state index contributed by atoms with van der Waals surface area (Å²) >= 11 is 0. The molecule has 0 spiro atoms. The molecule has 0 aromatic rings. The van der Waals surface area contributed by atoms with Gasteiger partial charge in [-0.05, 0) is 20.8 Å². The molecule has 1 aliphatic rings. The van der Waals surface area contributed by atoms with Gasteiger partial charge in [0.25, 0.3) is 6.48 Å². The first-order chi connectivity index (χ1) is 8.34. The predicted octanol–water partition coefficient (Wildman–Crippen LogP) is 0.815. The largest absolute Gasteiger partial charge is 0.460 e. The van der Waals surface area contributed by atoms with Gasteiger partial charge in [0.15, 0.2) is 0 Å². The first kappa shape index (κ1) is 15.4. The van der Waals surface area contributed by atoms with E-state index in [9.17, 15) is 4.79 Å². The van der Waals surface area contributed by atoms with E-state index in [-0.39, 0.29) is 31.2 Å². The van der Waals surface area contributed by atoms with Crippen molar-refractivity contribution in [1.29, 1.82) is 0 Å². The van der Waals surface area contributed by atoms with E-state index in [4.69, 9.17) is 24.1 Å². The minimum Gasteiger partial charge on any atom is -0.460 e. The molecule has 6 nitrogen and oxygen atoms in total. The Morgan fingerprint density at radius 1 is 1.33 bits per heavy atom. The molecule has 6 heteroatoms. The summed E-state index contributed by atoms with van der Waals surface area (Å²) in [6, 6.07) is 0. The number of methoxy groups -OCH3 is 1. The maximum Gasteiger partial charge on any atom is 0.308 e. The second-order valence-corrected chi connectivity index (χ2v) is 5.25. The number of esters is 1. The van der Waals surface area contributed by atoms with E-state index >= 15 is 0 Å². The normalized spacial score (nSPS) is 29.1. The van der Waals surface area contributed by atoms with Crippen molar-refractivity contribution in [3.05, 3.63) is 0 Å². The molecule has 1 N–H and O–H groups in total. The number of hydrogen-bond acceptors (Lipinski definition) is 6. The summed E-state index contributed by atoms with van der Waals surface area (Å²) in [5.74, 6) is -0.332. The van der Waals surface area contributed by atoms with E-state index < -0.39 is 12.1 Å². The van der Waals surface area contributed by atoms with Crippen LogP contribution in [0.1, 0.15) is 33.6 Å². The van der Waals surface area contributed by atoms with E-state index in [1.807, 2.05) is 20.8 Å². The lowest BCUT2D eigenvalue weighted by molar-refractivity contribution is -0.345. The molecule has 1 heterocycles. The van der Waals surface area contributed by atoms with Crippen LogP contribution in [0.15, 0.2) is 0 Å². The van der Waals surface area contributed by atoms with Crippen molar-refractivity contribution in [1.82, 2.24) is 0 Å². The van der Waals surface area contributed by atoms with Crippen LogP contribution in [0.25, 0.3) is 0 Å². The van der Waals surface area contributed by atoms with Crippen LogP contribution in [-0.2, 0) is 23.7 Å². The molecule has 0 amide bonds. The van der Waals surface area contributed by atoms with Gasteiger partial charge in [-0.15, -0.1) is 0 Å². The standard InChI is InChI=1S/C12H22O6/c1-12(2,3)18-10(14)6-8-5-9(7-13)17-11(15-4)16-8/h8-9,11,13H,5-7H2,1-4H3/t8-,9+,11?/m1/s1. The molecule has 106 valence electrons. The fourth-order valence-corrected chi connectivity index (χ4v) is 1.68. The van der Waals surface area contributed by atoms with Gasteiger partial charge in [0.2, 0.25) is 0 Å². The SMILES string of the molecule is COC1O[C@H](CO)C[C@H](CC(=O)OC(C)(C)C)O1. The number of rotatable bonds is 4. The van der Waals surface area contributed by atoms with Crippen LogP contribution in [0.2, 0.25) is 0 Å². The lowest BCUT2D eigenvalue weighted by Crippen LogP contribution is -2.42. The Kier molecular flexibility index (Phi) is 5.52. The van der Waals surface area contributed by atoms with Gasteiger partial charge in [0, 0.05) is 13.5 Å². The van der Waals surface area contributed by atoms with Crippen LogP contribution in [0.5, 0.6) is 0 Å². The van der Waals surface area contributed by atoms with E-state index in [1.165, 1.54) is 7.11 Å². The fourth-order valence-electron chi connectivity index (χ4n) is 1.68. The van der Waals surface area contributed by atoms with Gasteiger partial charge < -0.3 is 24.1 Å². The summed E-state index contributed by atoms with van der Waals surface area (Å²) < 4.78 is 20.8. The maximum absolute atomic E-state index is 11.7. The first-order valence-electron chi connectivity index (χ1n) is 6.00. The molecular weight excluding hydrogens is 240 g/mol. The molecule has 1 saturated heterocycles. The van der Waals surface area contributed by atoms with Gasteiger partial charge in [-0.1, -0.05) is 0 Å². The fraction of sp³-hybridized carbons (Fsp3) is 0.917. The van der Waals surface area contributed by atoms with Crippen molar-refractivity contribution >= 4 is 5.97 Å². The lowest BCUT2D eigenvalue weighted by Gasteiger charge is -2.33. The third-order valence-corrected chi connectivity index (χ3v) is 2.34. The van der Waals surface area contributed by atoms with Gasteiger partial charge in [-0.3, -0.25) is 4.79 Å². The summed E-state index contributed by atoms with van der Waals surface area (Å²) in [6.07, 6.45) is -0.182. The van der Waals surface area contributed by atoms with E-state index in [0.29, 0.717) is 6.42 Å². The van der Waals surface area contributed by atoms with Crippen LogP contribution in [0.3, 0.4) is 0 Å². The van der Waals surface area contributed by atoms with Gasteiger partial charge in [0.1, 0.15) is 5.60 Å². The Labute approximate surface area is 107 Å². The van der Waals surface area contributed by atoms with Crippen molar-refractivity contribution in [2.75, 3.05) is 13.7 Å². The molecule has 0 aromatic heterocycles. The zero-order chi connectivity index (χ0) is 13.8. The summed E-state index contributed by atoms with van der Waals surface area (Å²) in [4.78, 5) is 11.7. The Morgan fingerprint density at radius 2 is 1.94 bits per heavy atom. The Morgan fingerprint density at radius 3 is 2.44 bits per heavy atom. The van der Waals surface area contributed by atoms with E-state index in [0.717, 1.165) is 0 Å². The second kappa shape index (κ2) is 6.47. The van der Waals surface area contributed by atoms with E-state index in [1.54, 1.807) is 0 Å². The van der Waals surface area contributed by atoms with Crippen LogP contribution in [-0.4, -0.2) is 49.1 Å². The average Bonchev–Trinajstić information content (AvgIpc) is 2.25. The van der Waals surface area contributed by atoms with Gasteiger partial charge >= 0.3 is 5.97 Å². The highest BCUT2D eigenvalue weighted by molar-refractivity contribution is 5.70. The Balaban J connectivity index is 2.47. The number of carbonyl (C=O) groups excluding carboxylic acids is 1. The molecule has 1 unspecified atom stereocenters. The topological polar surface area (TPSA) is 74.2 Å². The predicted molar refractivity (Wildman–Crippen MR) is 62.7 cm³/mol. The maximum atomic E-state index is 11.7. The highest BCUT2D eigenvalue weighted by atomic mass is 16.9. The Bertz CT molecular complexity index is 260. The molecule has 0 radical (unpaired) electrons. The highest BCUT2D eigenvalue weighted by Crippen LogP contribution is 2.22.